The Morgan fingerprint density at radius 1 is 1.09 bits per heavy atom. The van der Waals surface area contributed by atoms with Gasteiger partial charge < -0.3 is 25.2 Å². The van der Waals surface area contributed by atoms with Crippen LogP contribution < -0.4 is 72.7 Å². The van der Waals surface area contributed by atoms with Gasteiger partial charge in [0, 0.05) is 24.3 Å². The first kappa shape index (κ1) is 32.4. The van der Waals surface area contributed by atoms with Crippen molar-refractivity contribution in [1.29, 1.82) is 5.26 Å². The Balaban J connectivity index is 0.00000384. The number of alkyl halides is 2. The van der Waals surface area contributed by atoms with Gasteiger partial charge in [0.15, 0.2) is 0 Å². The number of benzene rings is 1. The molecule has 44 heavy (non-hydrogen) atoms. The van der Waals surface area contributed by atoms with Crippen LogP contribution in [-0.4, -0.2) is 51.8 Å². The summed E-state index contributed by atoms with van der Waals surface area (Å²) in [6, 6.07) is 10.2. The number of carbonyl (C=O) groups is 2. The first-order valence-electron chi connectivity index (χ1n) is 14.3. The van der Waals surface area contributed by atoms with Crippen LogP contribution in [0.15, 0.2) is 47.4 Å². The molecule has 2 N–H and O–H groups in total. The standard InChI is InChI=1S/C31H30F2N6O4.K/c32-31(33)16-38(17-31)29(42)24-8-19(12-34)4-7-23(24)21-10-26(36-27(40)11-21)37-28(41)25-9-20(14-35-13-18-2-1-3-18)15-39(30(25)43)22-5-6-22;/h4,7-11,15,18,22,35H,1-3,5-6,13-14,16-17H2,(H2,36,37,40,41);/q;+1/p-1. The molecule has 2 amide bonds. The van der Waals surface area contributed by atoms with E-state index in [9.17, 15) is 33.5 Å². The number of carbonyl (C=O) groups excluding carboxylic acids is 2. The quantitative estimate of drug-likeness (QED) is 0.328. The maximum Gasteiger partial charge on any atom is 1.00 e. The van der Waals surface area contributed by atoms with Gasteiger partial charge in [-0.2, -0.15) is 5.26 Å². The third-order valence-corrected chi connectivity index (χ3v) is 8.14. The summed E-state index contributed by atoms with van der Waals surface area (Å²) in [7, 11) is 0. The van der Waals surface area contributed by atoms with E-state index >= 15 is 0 Å². The van der Waals surface area contributed by atoms with Crippen molar-refractivity contribution < 1.29 is 74.9 Å². The van der Waals surface area contributed by atoms with Gasteiger partial charge in [-0.25, -0.2) is 13.8 Å². The number of anilines is 1. The van der Waals surface area contributed by atoms with Gasteiger partial charge in [-0.3, -0.25) is 14.4 Å². The molecule has 1 aromatic carbocycles. The minimum Gasteiger partial charge on any atom is -0.859 e. The number of aromatic nitrogens is 2. The Bertz CT molecular complexity index is 1710. The van der Waals surface area contributed by atoms with Crippen molar-refractivity contribution in [2.24, 2.45) is 5.92 Å². The summed E-state index contributed by atoms with van der Waals surface area (Å²) in [5.41, 5.74) is 0.782. The molecular weight excluding hydrogens is 597 g/mol. The normalized spacial score (nSPS) is 17.1. The van der Waals surface area contributed by atoms with Crippen LogP contribution in [0.1, 0.15) is 70.0 Å². The SMILES string of the molecule is N#Cc1ccc(-c2cc([O-])nc(NC(=O)c3cc(CNCC4CCC4)cn(C4CC4)c3=O)c2)c(C(=O)N2CC(F)(F)C2)c1.[K+]. The molecule has 1 saturated heterocycles. The Morgan fingerprint density at radius 3 is 2.48 bits per heavy atom. The second-order valence-corrected chi connectivity index (χ2v) is 11.6. The molecule has 3 aromatic rings. The molecule has 222 valence electrons. The van der Waals surface area contributed by atoms with Gasteiger partial charge in [0.1, 0.15) is 11.4 Å². The molecule has 6 rings (SSSR count). The summed E-state index contributed by atoms with van der Waals surface area (Å²) < 4.78 is 28.5. The van der Waals surface area contributed by atoms with Crippen molar-refractivity contribution in [2.45, 2.75) is 50.6 Å². The van der Waals surface area contributed by atoms with E-state index in [2.05, 4.69) is 15.6 Å². The van der Waals surface area contributed by atoms with E-state index in [0.717, 1.165) is 35.9 Å². The van der Waals surface area contributed by atoms with Crippen molar-refractivity contribution in [3.63, 3.8) is 0 Å². The molecule has 0 unspecified atom stereocenters. The second-order valence-electron chi connectivity index (χ2n) is 11.6. The van der Waals surface area contributed by atoms with Gasteiger partial charge in [-0.05, 0) is 91.0 Å². The summed E-state index contributed by atoms with van der Waals surface area (Å²) in [5, 5.41) is 27.9. The Morgan fingerprint density at radius 2 is 1.84 bits per heavy atom. The number of amides is 2. The zero-order chi connectivity index (χ0) is 30.3. The van der Waals surface area contributed by atoms with Gasteiger partial charge in [-0.1, -0.05) is 12.5 Å². The number of nitriles is 1. The first-order chi connectivity index (χ1) is 20.6. The van der Waals surface area contributed by atoms with Crippen LogP contribution in [0.2, 0.25) is 0 Å². The number of nitrogens with zero attached hydrogens (tertiary/aromatic N) is 4. The number of likely N-dealkylation sites (tertiary alicyclic amines) is 1. The molecule has 3 fully saturated rings. The molecule has 0 radical (unpaired) electrons. The van der Waals surface area contributed by atoms with Gasteiger partial charge >= 0.3 is 51.4 Å². The summed E-state index contributed by atoms with van der Waals surface area (Å²) in [4.78, 5) is 44.5. The molecule has 1 aliphatic heterocycles. The van der Waals surface area contributed by atoms with Gasteiger partial charge in [-0.15, -0.1) is 0 Å². The molecule has 0 spiro atoms. The predicted octanol–water partition coefficient (Wildman–Crippen LogP) is 0.428. The van der Waals surface area contributed by atoms with E-state index in [1.807, 2.05) is 6.07 Å². The van der Waals surface area contributed by atoms with Crippen LogP contribution >= 0.6 is 0 Å². The van der Waals surface area contributed by atoms with Crippen molar-refractivity contribution in [2.75, 3.05) is 25.0 Å². The Labute approximate surface area is 294 Å². The summed E-state index contributed by atoms with van der Waals surface area (Å²) in [6.45, 7) is -0.131. The molecule has 2 saturated carbocycles. The van der Waals surface area contributed by atoms with Crippen molar-refractivity contribution in [3.8, 4) is 23.1 Å². The molecular formula is C31H29F2KN6O4. The second kappa shape index (κ2) is 13.2. The van der Waals surface area contributed by atoms with Gasteiger partial charge in [0.05, 0.1) is 24.7 Å². The van der Waals surface area contributed by atoms with E-state index in [1.165, 1.54) is 43.5 Å². The largest absolute Gasteiger partial charge is 1.00 e. The van der Waals surface area contributed by atoms with Crippen molar-refractivity contribution in [1.82, 2.24) is 19.8 Å². The van der Waals surface area contributed by atoms with Crippen molar-refractivity contribution in [3.05, 3.63) is 75.2 Å². The maximum absolute atomic E-state index is 13.5. The van der Waals surface area contributed by atoms with Crippen LogP contribution in [0.5, 0.6) is 5.88 Å². The number of halogens is 2. The first-order valence-corrected chi connectivity index (χ1v) is 14.3. The number of pyridine rings is 2. The average Bonchev–Trinajstić information content (AvgIpc) is 3.78. The van der Waals surface area contributed by atoms with Crippen LogP contribution in [0.25, 0.3) is 11.1 Å². The third-order valence-electron chi connectivity index (χ3n) is 8.14. The van der Waals surface area contributed by atoms with E-state index in [1.54, 1.807) is 16.8 Å². The van der Waals surface area contributed by atoms with Crippen LogP contribution in [0.3, 0.4) is 0 Å². The van der Waals surface area contributed by atoms with Crippen LogP contribution in [0.4, 0.5) is 14.6 Å². The zero-order valence-corrected chi connectivity index (χ0v) is 27.4. The fraction of sp³-hybridized carbons (Fsp3) is 0.387. The third kappa shape index (κ3) is 7.11. The Kier molecular flexibility index (Phi) is 9.69. The Hall–Kier alpha value is -2.99. The van der Waals surface area contributed by atoms with E-state index < -0.39 is 42.3 Å². The van der Waals surface area contributed by atoms with Crippen molar-refractivity contribution >= 4 is 17.6 Å². The monoisotopic (exact) mass is 626 g/mol. The molecule has 2 aromatic heterocycles. The van der Waals surface area contributed by atoms with Crippen LogP contribution in [0, 0.1) is 17.2 Å². The fourth-order valence-electron chi connectivity index (χ4n) is 5.44. The van der Waals surface area contributed by atoms with E-state index in [0.29, 0.717) is 12.5 Å². The van der Waals surface area contributed by atoms with E-state index in [4.69, 9.17) is 0 Å². The number of nitrogens with one attached hydrogen (secondary N) is 2. The molecule has 0 bridgehead atoms. The molecule has 2 aliphatic carbocycles. The van der Waals surface area contributed by atoms with Gasteiger partial charge in [0.2, 0.25) is 0 Å². The number of hydrogen-bond acceptors (Lipinski definition) is 7. The molecule has 13 heteroatoms. The van der Waals surface area contributed by atoms with Crippen LogP contribution in [-0.2, 0) is 6.54 Å². The molecule has 0 atom stereocenters. The summed E-state index contributed by atoms with van der Waals surface area (Å²) in [6.07, 6.45) is 7.12. The topological polar surface area (TPSA) is 143 Å². The van der Waals surface area contributed by atoms with Gasteiger partial charge in [0.25, 0.3) is 23.3 Å². The zero-order valence-electron chi connectivity index (χ0n) is 24.2. The smallest absolute Gasteiger partial charge is 0.859 e. The minimum absolute atomic E-state index is 0. The summed E-state index contributed by atoms with van der Waals surface area (Å²) >= 11 is 0. The fourth-order valence-corrected chi connectivity index (χ4v) is 5.44. The average molecular weight is 627 g/mol. The number of rotatable bonds is 9. The molecule has 3 aliphatic rings. The minimum atomic E-state index is -2.99. The number of hydrogen-bond donors (Lipinski definition) is 2. The molecule has 10 nitrogen and oxygen atoms in total. The molecule has 3 heterocycles. The summed E-state index contributed by atoms with van der Waals surface area (Å²) in [5.74, 6) is -4.65. The predicted molar refractivity (Wildman–Crippen MR) is 151 cm³/mol. The maximum atomic E-state index is 13.5. The van der Waals surface area contributed by atoms with E-state index in [-0.39, 0.29) is 91.1 Å².